The maximum atomic E-state index is 13.4. The molecule has 3 aliphatic rings. The fraction of sp³-hybridized carbons (Fsp3) is 0.500. The largest absolute Gasteiger partial charge is 0.486 e. The molecule has 0 amide bonds. The zero-order chi connectivity index (χ0) is 23.5. The number of fused-ring (bicyclic) bond motifs is 4. The minimum Gasteiger partial charge on any atom is -0.486 e. The van der Waals surface area contributed by atoms with Crippen LogP contribution in [-0.2, 0) is 19.3 Å². The third-order valence-electron chi connectivity index (χ3n) is 7.54. The summed E-state index contributed by atoms with van der Waals surface area (Å²) in [7, 11) is -1.48. The summed E-state index contributed by atoms with van der Waals surface area (Å²) in [6.45, 7) is 3.61. The Hall–Kier alpha value is -2.69. The highest BCUT2D eigenvalue weighted by atomic mass is 32.2. The molecule has 0 aliphatic carbocycles. The van der Waals surface area contributed by atoms with Crippen LogP contribution < -0.4 is 9.64 Å². The van der Waals surface area contributed by atoms with Gasteiger partial charge in [0.25, 0.3) is 0 Å². The van der Waals surface area contributed by atoms with Crippen LogP contribution in [0.3, 0.4) is 0 Å². The molecule has 0 spiro atoms. The van der Waals surface area contributed by atoms with Gasteiger partial charge in [-0.05, 0) is 45.1 Å². The monoisotopic (exact) mass is 483 g/mol. The molecule has 5 heterocycles. The first kappa shape index (κ1) is 21.8. The summed E-state index contributed by atoms with van der Waals surface area (Å²) in [5.74, 6) is 1.71. The molecule has 0 bridgehead atoms. The van der Waals surface area contributed by atoms with Gasteiger partial charge in [0.1, 0.15) is 17.0 Å². The number of benzene rings is 1. The molecule has 9 nitrogen and oxygen atoms in total. The van der Waals surface area contributed by atoms with E-state index in [4.69, 9.17) is 19.4 Å². The van der Waals surface area contributed by atoms with Gasteiger partial charge in [-0.1, -0.05) is 12.1 Å². The molecule has 0 saturated carbocycles. The number of likely N-dealkylation sites (tertiary alicyclic amines) is 1. The maximum absolute atomic E-state index is 13.4. The number of aromatic amines is 1. The number of sulfone groups is 1. The van der Waals surface area contributed by atoms with Gasteiger partial charge in [0.15, 0.2) is 27.2 Å². The zero-order valence-electron chi connectivity index (χ0n) is 19.5. The first-order valence-electron chi connectivity index (χ1n) is 11.7. The van der Waals surface area contributed by atoms with Crippen molar-refractivity contribution in [2.24, 2.45) is 0 Å². The Labute approximate surface area is 199 Å². The van der Waals surface area contributed by atoms with Gasteiger partial charge in [0, 0.05) is 35.5 Å². The van der Waals surface area contributed by atoms with E-state index in [0.29, 0.717) is 75.4 Å². The summed E-state index contributed by atoms with van der Waals surface area (Å²) >= 11 is 0. The molecule has 0 radical (unpaired) electrons. The van der Waals surface area contributed by atoms with E-state index in [-0.39, 0.29) is 6.04 Å². The normalized spacial score (nSPS) is 22.8. The Morgan fingerprint density at radius 1 is 1.12 bits per heavy atom. The number of H-pyrrole nitrogens is 1. The van der Waals surface area contributed by atoms with Crippen molar-refractivity contribution in [3.63, 3.8) is 0 Å². The molecular weight excluding hydrogens is 454 g/mol. The first-order valence-corrected chi connectivity index (χ1v) is 13.6. The van der Waals surface area contributed by atoms with Gasteiger partial charge in [-0.15, -0.1) is 0 Å². The molecule has 2 saturated heterocycles. The van der Waals surface area contributed by atoms with Gasteiger partial charge < -0.3 is 24.3 Å². The average molecular weight is 484 g/mol. The van der Waals surface area contributed by atoms with Crippen molar-refractivity contribution in [1.82, 2.24) is 19.9 Å². The molecule has 34 heavy (non-hydrogen) atoms. The second kappa shape index (κ2) is 7.93. The molecule has 180 valence electrons. The summed E-state index contributed by atoms with van der Waals surface area (Å²) in [5.41, 5.74) is 2.35. The van der Waals surface area contributed by atoms with Crippen LogP contribution >= 0.6 is 0 Å². The quantitative estimate of drug-likeness (QED) is 0.605. The minimum absolute atomic E-state index is 0.0478. The molecule has 2 aromatic heterocycles. The third kappa shape index (κ3) is 3.30. The van der Waals surface area contributed by atoms with Gasteiger partial charge in [-0.3, -0.25) is 0 Å². The summed E-state index contributed by atoms with van der Waals surface area (Å²) in [6, 6.07) is 8.01. The van der Waals surface area contributed by atoms with E-state index in [0.717, 1.165) is 16.5 Å². The molecule has 1 aromatic carbocycles. The lowest BCUT2D eigenvalue weighted by atomic mass is 9.90. The van der Waals surface area contributed by atoms with E-state index < -0.39 is 14.6 Å². The van der Waals surface area contributed by atoms with Crippen LogP contribution in [0, 0.1) is 0 Å². The van der Waals surface area contributed by atoms with Gasteiger partial charge in [0.2, 0.25) is 0 Å². The topological polar surface area (TPSA) is 101 Å². The predicted molar refractivity (Wildman–Crippen MR) is 130 cm³/mol. The van der Waals surface area contributed by atoms with Gasteiger partial charge in [0.05, 0.1) is 19.3 Å². The Bertz CT molecular complexity index is 1350. The van der Waals surface area contributed by atoms with Crippen molar-refractivity contribution < 1.29 is 17.9 Å². The zero-order valence-corrected chi connectivity index (χ0v) is 20.3. The van der Waals surface area contributed by atoms with E-state index in [2.05, 4.69) is 14.8 Å². The first-order chi connectivity index (χ1) is 16.4. The molecule has 3 aliphatic heterocycles. The lowest BCUT2D eigenvalue weighted by Gasteiger charge is -2.44. The van der Waals surface area contributed by atoms with Gasteiger partial charge in [-0.2, -0.15) is 0 Å². The van der Waals surface area contributed by atoms with E-state index in [9.17, 15) is 8.42 Å². The maximum Gasteiger partial charge on any atom is 0.185 e. The van der Waals surface area contributed by atoms with E-state index in [1.165, 1.54) is 6.26 Å². The molecule has 10 heteroatoms. The van der Waals surface area contributed by atoms with Crippen molar-refractivity contribution in [3.05, 3.63) is 36.2 Å². The predicted octanol–water partition coefficient (Wildman–Crippen LogP) is 2.19. The number of hydrogen-bond acceptors (Lipinski definition) is 8. The minimum atomic E-state index is -3.50. The smallest absolute Gasteiger partial charge is 0.185 e. The Morgan fingerprint density at radius 2 is 1.94 bits per heavy atom. The Kier molecular flexibility index (Phi) is 5.09. The second-order valence-electron chi connectivity index (χ2n) is 9.60. The lowest BCUT2D eigenvalue weighted by Crippen LogP contribution is -2.53. The molecule has 6 rings (SSSR count). The number of morpholine rings is 1. The Morgan fingerprint density at radius 3 is 2.74 bits per heavy atom. The molecule has 1 N–H and O–H groups in total. The lowest BCUT2D eigenvalue weighted by molar-refractivity contribution is 0.0688. The number of aromatic nitrogens is 3. The molecular formula is C24H29N5O4S. The highest BCUT2D eigenvalue weighted by Gasteiger charge is 2.50. The SMILES string of the molecule is CN1CCC(c2nc(-c3cccc4[nH]ccc34)nc3c2OCC2COCCN32)(S(C)(=O)=O)CC1. The van der Waals surface area contributed by atoms with Gasteiger partial charge in [-0.25, -0.2) is 18.4 Å². The standard InChI is InChI=1S/C24H29N5O4S/c1-28-10-7-24(8-11-28,34(2,30)31)21-20-23(29-12-13-32-14-16(29)15-33-20)27-22(26-21)18-4-3-5-19-17(18)6-9-25-19/h3-6,9,16,25H,7-8,10-15H2,1-2H3. The fourth-order valence-electron chi connectivity index (χ4n) is 5.49. The van der Waals surface area contributed by atoms with Gasteiger partial charge >= 0.3 is 0 Å². The number of nitrogens with one attached hydrogen (secondary N) is 1. The van der Waals surface area contributed by atoms with Crippen molar-refractivity contribution in [2.45, 2.75) is 23.6 Å². The molecule has 1 unspecified atom stereocenters. The highest BCUT2D eigenvalue weighted by molar-refractivity contribution is 7.91. The number of rotatable bonds is 3. The summed E-state index contributed by atoms with van der Waals surface area (Å²) in [5, 5.41) is 1.00. The van der Waals surface area contributed by atoms with Crippen LogP contribution in [-0.4, -0.2) is 87.1 Å². The Balaban J connectivity index is 1.62. The molecule has 2 fully saturated rings. The van der Waals surface area contributed by atoms with Crippen molar-refractivity contribution in [2.75, 3.05) is 57.7 Å². The summed E-state index contributed by atoms with van der Waals surface area (Å²) in [6.07, 6.45) is 4.16. The number of nitrogens with zero attached hydrogens (tertiary/aromatic N) is 4. The van der Waals surface area contributed by atoms with Crippen LogP contribution in [0.15, 0.2) is 30.5 Å². The van der Waals surface area contributed by atoms with Crippen molar-refractivity contribution in [1.29, 1.82) is 0 Å². The van der Waals surface area contributed by atoms with Crippen LogP contribution in [0.25, 0.3) is 22.3 Å². The highest BCUT2D eigenvalue weighted by Crippen LogP contribution is 2.48. The summed E-state index contributed by atoms with van der Waals surface area (Å²) in [4.78, 5) is 17.6. The van der Waals surface area contributed by atoms with Crippen molar-refractivity contribution >= 4 is 26.6 Å². The molecule has 1 atom stereocenters. The van der Waals surface area contributed by atoms with Crippen LogP contribution in [0.1, 0.15) is 18.5 Å². The fourth-order valence-corrected chi connectivity index (χ4v) is 6.90. The molecule has 3 aromatic rings. The average Bonchev–Trinajstić information content (AvgIpc) is 3.32. The van der Waals surface area contributed by atoms with Crippen LogP contribution in [0.4, 0.5) is 5.82 Å². The number of piperidine rings is 1. The van der Waals surface area contributed by atoms with Crippen LogP contribution in [0.2, 0.25) is 0 Å². The van der Waals surface area contributed by atoms with E-state index in [1.807, 2.05) is 37.5 Å². The number of ether oxygens (including phenoxy) is 2. The third-order valence-corrected chi connectivity index (χ3v) is 9.56. The number of hydrogen-bond donors (Lipinski definition) is 1. The van der Waals surface area contributed by atoms with Crippen molar-refractivity contribution in [3.8, 4) is 17.1 Å². The van der Waals surface area contributed by atoms with E-state index >= 15 is 0 Å². The number of anilines is 1. The summed E-state index contributed by atoms with van der Waals surface area (Å²) < 4.78 is 37.7. The van der Waals surface area contributed by atoms with E-state index in [1.54, 1.807) is 0 Å². The second-order valence-corrected chi connectivity index (χ2v) is 11.9. The van der Waals surface area contributed by atoms with Crippen LogP contribution in [0.5, 0.6) is 5.75 Å².